The van der Waals surface area contributed by atoms with Gasteiger partial charge in [-0.05, 0) is 73.1 Å². The van der Waals surface area contributed by atoms with Gasteiger partial charge in [0.2, 0.25) is 0 Å². The first-order chi connectivity index (χ1) is 17.7. The molecule has 0 bridgehead atoms. The third-order valence-corrected chi connectivity index (χ3v) is 6.98. The Hall–Kier alpha value is -3.97. The van der Waals surface area contributed by atoms with E-state index in [1.165, 1.54) is 22.7 Å². The highest BCUT2D eigenvalue weighted by Gasteiger charge is 2.33. The Morgan fingerprint density at radius 3 is 2.61 bits per heavy atom. The molecule has 0 atom stereocenters. The van der Waals surface area contributed by atoms with E-state index < -0.39 is 0 Å². The van der Waals surface area contributed by atoms with Gasteiger partial charge in [0, 0.05) is 29.2 Å². The summed E-state index contributed by atoms with van der Waals surface area (Å²) in [5.41, 5.74) is 3.90. The van der Waals surface area contributed by atoms with Crippen LogP contribution in [0.15, 0.2) is 88.9 Å². The molecule has 1 aliphatic rings. The first-order valence-corrected chi connectivity index (χ1v) is 12.7. The van der Waals surface area contributed by atoms with Crippen molar-refractivity contribution in [1.82, 2.24) is 9.88 Å². The number of nitrogens with one attached hydrogen (secondary N) is 1. The van der Waals surface area contributed by atoms with E-state index in [1.54, 1.807) is 12.0 Å². The lowest BCUT2D eigenvalue weighted by Crippen LogP contribution is -2.31. The van der Waals surface area contributed by atoms with Gasteiger partial charge in [0.05, 0.1) is 24.3 Å². The predicted molar refractivity (Wildman–Crippen MR) is 147 cm³/mol. The number of aromatic nitrogens is 1. The zero-order chi connectivity index (χ0) is 24.9. The zero-order valence-electron chi connectivity index (χ0n) is 20.2. The molecule has 0 unspecified atom stereocenters. The molecule has 7 heteroatoms. The molecule has 1 saturated heterocycles. The van der Waals surface area contributed by atoms with Crippen LogP contribution >= 0.6 is 11.8 Å². The van der Waals surface area contributed by atoms with Crippen molar-refractivity contribution < 1.29 is 14.3 Å². The summed E-state index contributed by atoms with van der Waals surface area (Å²) >= 11 is 1.39. The molecule has 0 aliphatic carbocycles. The third-order valence-electron chi connectivity index (χ3n) is 5.97. The van der Waals surface area contributed by atoms with E-state index >= 15 is 0 Å². The van der Waals surface area contributed by atoms with E-state index in [0.29, 0.717) is 29.6 Å². The highest BCUT2D eigenvalue weighted by molar-refractivity contribution is 8.18. The van der Waals surface area contributed by atoms with Gasteiger partial charge in [-0.2, -0.15) is 0 Å². The molecule has 0 saturated carbocycles. The number of amides is 1. The molecule has 1 aliphatic heterocycles. The molecular weight excluding hydrogens is 470 g/mol. The van der Waals surface area contributed by atoms with Crippen molar-refractivity contribution in [2.75, 3.05) is 20.3 Å². The average molecular weight is 498 g/mol. The summed E-state index contributed by atoms with van der Waals surface area (Å²) in [6, 6.07) is 23.5. The number of methoxy groups -OCH3 is 1. The number of benzene rings is 3. The number of nitrogens with zero attached hydrogens (tertiary/aromatic N) is 2. The van der Waals surface area contributed by atoms with Gasteiger partial charge >= 0.3 is 0 Å². The number of para-hydroxylation sites is 2. The lowest BCUT2D eigenvalue weighted by molar-refractivity contribution is -0.122. The van der Waals surface area contributed by atoms with Gasteiger partial charge < -0.3 is 14.5 Å². The normalized spacial score (nSPS) is 15.8. The van der Waals surface area contributed by atoms with Gasteiger partial charge in [-0.15, -0.1) is 0 Å². The number of H-pyrrole nitrogens is 1. The second kappa shape index (κ2) is 10.7. The largest absolute Gasteiger partial charge is 0.497 e. The third kappa shape index (κ3) is 5.02. The van der Waals surface area contributed by atoms with Gasteiger partial charge in [-0.25, -0.2) is 4.99 Å². The van der Waals surface area contributed by atoms with Gasteiger partial charge in [0.25, 0.3) is 5.91 Å². The molecule has 4 aromatic rings. The number of rotatable bonds is 8. The molecule has 1 fully saturated rings. The molecule has 3 aromatic carbocycles. The van der Waals surface area contributed by atoms with Crippen LogP contribution in [0.2, 0.25) is 0 Å². The maximum atomic E-state index is 13.6. The predicted octanol–water partition coefficient (Wildman–Crippen LogP) is 6.42. The Morgan fingerprint density at radius 1 is 1.03 bits per heavy atom. The Morgan fingerprint density at radius 2 is 1.81 bits per heavy atom. The van der Waals surface area contributed by atoms with Crippen LogP contribution in [0, 0.1) is 0 Å². The van der Waals surface area contributed by atoms with Crippen molar-refractivity contribution in [3.8, 4) is 11.5 Å². The van der Waals surface area contributed by atoms with Crippen molar-refractivity contribution in [3.05, 3.63) is 95.0 Å². The summed E-state index contributed by atoms with van der Waals surface area (Å²) in [4.78, 5) is 24.1. The van der Waals surface area contributed by atoms with Gasteiger partial charge in [0.1, 0.15) is 11.5 Å². The molecule has 5 rings (SSSR count). The molecule has 1 amide bonds. The van der Waals surface area contributed by atoms with Crippen molar-refractivity contribution in [3.63, 3.8) is 0 Å². The number of carbonyl (C=O) groups is 1. The van der Waals surface area contributed by atoms with Crippen LogP contribution < -0.4 is 9.47 Å². The number of ether oxygens (including phenoxy) is 2. The summed E-state index contributed by atoms with van der Waals surface area (Å²) in [6.07, 6.45) is 4.63. The van der Waals surface area contributed by atoms with E-state index in [9.17, 15) is 4.79 Å². The van der Waals surface area contributed by atoms with E-state index in [-0.39, 0.29) is 5.91 Å². The lowest BCUT2D eigenvalue weighted by atomic mass is 10.1. The van der Waals surface area contributed by atoms with E-state index in [1.807, 2.05) is 79.9 Å². The van der Waals surface area contributed by atoms with Crippen LogP contribution in [0.25, 0.3) is 17.0 Å². The number of hydrogen-bond donors (Lipinski definition) is 1. The number of aromatic amines is 1. The summed E-state index contributed by atoms with van der Waals surface area (Å²) in [7, 11) is 1.63. The smallest absolute Gasteiger partial charge is 0.266 e. The zero-order valence-corrected chi connectivity index (χ0v) is 21.0. The van der Waals surface area contributed by atoms with E-state index in [4.69, 9.17) is 14.5 Å². The number of thioether (sulfide) groups is 1. The fourth-order valence-electron chi connectivity index (χ4n) is 4.15. The van der Waals surface area contributed by atoms with Gasteiger partial charge in [-0.1, -0.05) is 36.4 Å². The maximum Gasteiger partial charge on any atom is 0.266 e. The molecule has 1 N–H and O–H groups in total. The lowest BCUT2D eigenvalue weighted by Gasteiger charge is -2.15. The summed E-state index contributed by atoms with van der Waals surface area (Å²) in [5, 5.41) is 1.83. The SMILES string of the molecule is CCOc1ccccc1/C=C1\SC(=Nc2ccc(OC)cc2)N(CCc2c[nH]c3ccccc23)C1=O. The van der Waals surface area contributed by atoms with Crippen LogP contribution in [0.3, 0.4) is 0 Å². The minimum Gasteiger partial charge on any atom is -0.497 e. The van der Waals surface area contributed by atoms with Crippen molar-refractivity contribution >= 4 is 45.5 Å². The van der Waals surface area contributed by atoms with Crippen LogP contribution in [-0.2, 0) is 11.2 Å². The summed E-state index contributed by atoms with van der Waals surface area (Å²) < 4.78 is 11.0. The molecule has 6 nitrogen and oxygen atoms in total. The first kappa shape index (κ1) is 23.8. The van der Waals surface area contributed by atoms with Gasteiger partial charge in [-0.3, -0.25) is 9.69 Å². The molecule has 0 radical (unpaired) electrons. The quantitative estimate of drug-likeness (QED) is 0.285. The molecule has 182 valence electrons. The molecule has 1 aromatic heterocycles. The average Bonchev–Trinajstić information content (AvgIpc) is 3.45. The van der Waals surface area contributed by atoms with Crippen molar-refractivity contribution in [1.29, 1.82) is 0 Å². The standard InChI is InChI=1S/C29H27N3O3S/c1-3-35-26-11-7-4-8-20(26)18-27-28(33)32(17-16-21-19-30-25-10-6-5-9-24(21)25)29(36-27)31-22-12-14-23(34-2)15-13-22/h4-15,18-19,30H,3,16-17H2,1-2H3/b27-18-,31-29?. The van der Waals surface area contributed by atoms with Crippen LogP contribution in [-0.4, -0.2) is 41.2 Å². The monoisotopic (exact) mass is 497 g/mol. The fraction of sp³-hybridized carbons (Fsp3) is 0.172. The second-order valence-corrected chi connectivity index (χ2v) is 9.25. The Labute approximate surface area is 214 Å². The molecule has 0 spiro atoms. The van der Waals surface area contributed by atoms with Crippen LogP contribution in [0.5, 0.6) is 11.5 Å². The number of amidine groups is 1. The molecule has 36 heavy (non-hydrogen) atoms. The number of carbonyl (C=O) groups excluding carboxylic acids is 1. The maximum absolute atomic E-state index is 13.6. The Bertz CT molecular complexity index is 1440. The number of hydrogen-bond acceptors (Lipinski definition) is 5. The summed E-state index contributed by atoms with van der Waals surface area (Å²) in [6.45, 7) is 3.03. The topological polar surface area (TPSA) is 66.9 Å². The molecular formula is C29H27N3O3S. The number of fused-ring (bicyclic) bond motifs is 1. The second-order valence-electron chi connectivity index (χ2n) is 8.24. The first-order valence-electron chi connectivity index (χ1n) is 11.9. The minimum atomic E-state index is -0.0570. The van der Waals surface area contributed by atoms with Crippen LogP contribution in [0.4, 0.5) is 5.69 Å². The summed E-state index contributed by atoms with van der Waals surface area (Å²) in [5.74, 6) is 1.46. The highest BCUT2D eigenvalue weighted by Crippen LogP contribution is 2.36. The van der Waals surface area contributed by atoms with Gasteiger partial charge in [0.15, 0.2) is 5.17 Å². The molecule has 2 heterocycles. The van der Waals surface area contributed by atoms with E-state index in [0.717, 1.165) is 28.3 Å². The highest BCUT2D eigenvalue weighted by atomic mass is 32.2. The van der Waals surface area contributed by atoms with Crippen LogP contribution in [0.1, 0.15) is 18.1 Å². The Kier molecular flexibility index (Phi) is 7.09. The number of aliphatic imine (C=N–C) groups is 1. The van der Waals surface area contributed by atoms with E-state index in [2.05, 4.69) is 17.1 Å². The van der Waals surface area contributed by atoms with Crippen molar-refractivity contribution in [2.24, 2.45) is 4.99 Å². The van der Waals surface area contributed by atoms with Crippen molar-refractivity contribution in [2.45, 2.75) is 13.3 Å². The fourth-order valence-corrected chi connectivity index (χ4v) is 5.17. The minimum absolute atomic E-state index is 0.0570. The Balaban J connectivity index is 1.46.